The summed E-state index contributed by atoms with van der Waals surface area (Å²) in [6.07, 6.45) is 4.60. The van der Waals surface area contributed by atoms with Gasteiger partial charge in [-0.3, -0.25) is 0 Å². The molecule has 2 nitrogen and oxygen atoms in total. The fourth-order valence-corrected chi connectivity index (χ4v) is 2.36. The molecule has 1 aliphatic heterocycles. The SMILES string of the molecule is NCCc1cccc(CC2CCOCC2)c1. The minimum absolute atomic E-state index is 0.737. The number of nitrogens with two attached hydrogens (primary N) is 1. The predicted molar refractivity (Wildman–Crippen MR) is 66.4 cm³/mol. The molecule has 0 unspecified atom stereocenters. The van der Waals surface area contributed by atoms with Crippen molar-refractivity contribution < 1.29 is 4.74 Å². The number of hydrogen-bond donors (Lipinski definition) is 1. The third-order valence-electron chi connectivity index (χ3n) is 3.29. The van der Waals surface area contributed by atoms with Crippen molar-refractivity contribution in [2.75, 3.05) is 19.8 Å². The molecule has 0 aromatic heterocycles. The van der Waals surface area contributed by atoms with Crippen molar-refractivity contribution in [2.45, 2.75) is 25.7 Å². The second-order valence-corrected chi connectivity index (χ2v) is 4.62. The van der Waals surface area contributed by atoms with E-state index in [0.717, 1.165) is 32.1 Å². The van der Waals surface area contributed by atoms with Gasteiger partial charge in [0.15, 0.2) is 0 Å². The van der Waals surface area contributed by atoms with Crippen molar-refractivity contribution in [3.63, 3.8) is 0 Å². The summed E-state index contributed by atoms with van der Waals surface area (Å²) in [6.45, 7) is 2.61. The Morgan fingerprint density at radius 1 is 1.19 bits per heavy atom. The van der Waals surface area contributed by atoms with Crippen LogP contribution in [0, 0.1) is 5.92 Å². The van der Waals surface area contributed by atoms with Crippen LogP contribution >= 0.6 is 0 Å². The molecule has 1 aromatic rings. The molecule has 1 aliphatic rings. The highest BCUT2D eigenvalue weighted by molar-refractivity contribution is 5.24. The number of ether oxygens (including phenoxy) is 1. The topological polar surface area (TPSA) is 35.2 Å². The molecule has 1 aromatic carbocycles. The summed E-state index contributed by atoms with van der Waals surface area (Å²) in [5.41, 5.74) is 8.40. The largest absolute Gasteiger partial charge is 0.381 e. The van der Waals surface area contributed by atoms with E-state index in [2.05, 4.69) is 24.3 Å². The number of benzene rings is 1. The van der Waals surface area contributed by atoms with Gasteiger partial charge in [0.1, 0.15) is 0 Å². The molecular weight excluding hydrogens is 198 g/mol. The zero-order valence-electron chi connectivity index (χ0n) is 9.82. The van der Waals surface area contributed by atoms with Gasteiger partial charge in [0.25, 0.3) is 0 Å². The van der Waals surface area contributed by atoms with E-state index in [9.17, 15) is 0 Å². The van der Waals surface area contributed by atoms with E-state index in [1.54, 1.807) is 0 Å². The summed E-state index contributed by atoms with van der Waals surface area (Å²) in [4.78, 5) is 0. The molecule has 16 heavy (non-hydrogen) atoms. The van der Waals surface area contributed by atoms with Crippen molar-refractivity contribution in [3.05, 3.63) is 35.4 Å². The van der Waals surface area contributed by atoms with Crippen molar-refractivity contribution in [1.82, 2.24) is 0 Å². The molecule has 0 saturated carbocycles. The molecule has 0 bridgehead atoms. The third kappa shape index (κ3) is 3.32. The molecule has 88 valence electrons. The first-order valence-corrected chi connectivity index (χ1v) is 6.24. The van der Waals surface area contributed by atoms with Crippen LogP contribution < -0.4 is 5.73 Å². The number of rotatable bonds is 4. The first kappa shape index (κ1) is 11.6. The van der Waals surface area contributed by atoms with Crippen LogP contribution in [-0.4, -0.2) is 19.8 Å². The molecule has 0 amide bonds. The molecule has 0 spiro atoms. The quantitative estimate of drug-likeness (QED) is 0.842. The lowest BCUT2D eigenvalue weighted by Crippen LogP contribution is -2.17. The molecule has 2 rings (SSSR count). The highest BCUT2D eigenvalue weighted by Crippen LogP contribution is 2.20. The summed E-state index contributed by atoms with van der Waals surface area (Å²) >= 11 is 0. The molecule has 0 radical (unpaired) electrons. The molecule has 2 heteroatoms. The lowest BCUT2D eigenvalue weighted by Gasteiger charge is -2.22. The van der Waals surface area contributed by atoms with Gasteiger partial charge in [-0.2, -0.15) is 0 Å². The number of hydrogen-bond acceptors (Lipinski definition) is 2. The van der Waals surface area contributed by atoms with Crippen LogP contribution in [0.25, 0.3) is 0 Å². The van der Waals surface area contributed by atoms with E-state index in [1.165, 1.54) is 30.4 Å². The molecule has 0 atom stereocenters. The van der Waals surface area contributed by atoms with Gasteiger partial charge in [-0.05, 0) is 49.3 Å². The second kappa shape index (κ2) is 6.02. The van der Waals surface area contributed by atoms with E-state index in [-0.39, 0.29) is 0 Å². The van der Waals surface area contributed by atoms with E-state index in [4.69, 9.17) is 10.5 Å². The third-order valence-corrected chi connectivity index (χ3v) is 3.29. The van der Waals surface area contributed by atoms with Gasteiger partial charge in [0, 0.05) is 13.2 Å². The Morgan fingerprint density at radius 2 is 1.94 bits per heavy atom. The van der Waals surface area contributed by atoms with Gasteiger partial charge in [-0.1, -0.05) is 24.3 Å². The average Bonchev–Trinajstić information content (AvgIpc) is 2.31. The fourth-order valence-electron chi connectivity index (χ4n) is 2.36. The maximum absolute atomic E-state index is 5.58. The summed E-state index contributed by atoms with van der Waals surface area (Å²) in [6, 6.07) is 8.86. The normalized spacial score (nSPS) is 17.6. The summed E-state index contributed by atoms with van der Waals surface area (Å²) < 4.78 is 5.38. The van der Waals surface area contributed by atoms with Crippen LogP contribution in [0.3, 0.4) is 0 Å². The molecule has 0 aliphatic carbocycles. The Labute approximate surface area is 97.8 Å². The van der Waals surface area contributed by atoms with Gasteiger partial charge < -0.3 is 10.5 Å². The first-order chi connectivity index (χ1) is 7.88. The Bertz CT molecular complexity index is 318. The van der Waals surface area contributed by atoms with Crippen LogP contribution in [0.1, 0.15) is 24.0 Å². The monoisotopic (exact) mass is 219 g/mol. The fraction of sp³-hybridized carbons (Fsp3) is 0.571. The van der Waals surface area contributed by atoms with E-state index in [0.29, 0.717) is 0 Å². The van der Waals surface area contributed by atoms with Crippen molar-refractivity contribution in [1.29, 1.82) is 0 Å². The van der Waals surface area contributed by atoms with Crippen molar-refractivity contribution in [3.8, 4) is 0 Å². The van der Waals surface area contributed by atoms with Crippen molar-refractivity contribution >= 4 is 0 Å². The molecular formula is C14H21NO. The van der Waals surface area contributed by atoms with Crippen LogP contribution in [-0.2, 0) is 17.6 Å². The Balaban J connectivity index is 1.94. The van der Waals surface area contributed by atoms with Gasteiger partial charge in [-0.25, -0.2) is 0 Å². The smallest absolute Gasteiger partial charge is 0.0468 e. The zero-order chi connectivity index (χ0) is 11.2. The Morgan fingerprint density at radius 3 is 2.69 bits per heavy atom. The van der Waals surface area contributed by atoms with Crippen LogP contribution in [0.2, 0.25) is 0 Å². The maximum Gasteiger partial charge on any atom is 0.0468 e. The predicted octanol–water partition coefficient (Wildman–Crippen LogP) is 2.16. The summed E-state index contributed by atoms with van der Waals surface area (Å²) in [7, 11) is 0. The zero-order valence-corrected chi connectivity index (χ0v) is 9.82. The lowest BCUT2D eigenvalue weighted by molar-refractivity contribution is 0.0665. The Hall–Kier alpha value is -0.860. The molecule has 1 saturated heterocycles. The van der Waals surface area contributed by atoms with Crippen LogP contribution in [0.4, 0.5) is 0 Å². The molecule has 1 fully saturated rings. The second-order valence-electron chi connectivity index (χ2n) is 4.62. The highest BCUT2D eigenvalue weighted by atomic mass is 16.5. The summed E-state index contributed by atoms with van der Waals surface area (Å²) in [5.74, 6) is 0.807. The van der Waals surface area contributed by atoms with Gasteiger partial charge in [0.2, 0.25) is 0 Å². The maximum atomic E-state index is 5.58. The van der Waals surface area contributed by atoms with E-state index >= 15 is 0 Å². The minimum Gasteiger partial charge on any atom is -0.381 e. The van der Waals surface area contributed by atoms with Gasteiger partial charge >= 0.3 is 0 Å². The van der Waals surface area contributed by atoms with Gasteiger partial charge in [-0.15, -0.1) is 0 Å². The lowest BCUT2D eigenvalue weighted by atomic mass is 9.91. The Kier molecular flexibility index (Phi) is 4.37. The van der Waals surface area contributed by atoms with E-state index < -0.39 is 0 Å². The molecule has 2 N–H and O–H groups in total. The van der Waals surface area contributed by atoms with E-state index in [1.807, 2.05) is 0 Å². The average molecular weight is 219 g/mol. The minimum atomic E-state index is 0.737. The standard InChI is InChI=1S/C14H21NO/c15-7-4-12-2-1-3-14(10-12)11-13-5-8-16-9-6-13/h1-3,10,13H,4-9,11,15H2. The highest BCUT2D eigenvalue weighted by Gasteiger charge is 2.14. The van der Waals surface area contributed by atoms with Crippen LogP contribution in [0.15, 0.2) is 24.3 Å². The summed E-state index contributed by atoms with van der Waals surface area (Å²) in [5, 5.41) is 0. The van der Waals surface area contributed by atoms with Crippen molar-refractivity contribution in [2.24, 2.45) is 11.7 Å². The first-order valence-electron chi connectivity index (χ1n) is 6.24. The van der Waals surface area contributed by atoms with Crippen LogP contribution in [0.5, 0.6) is 0 Å². The molecule has 1 heterocycles. The van der Waals surface area contributed by atoms with Gasteiger partial charge in [0.05, 0.1) is 0 Å².